The van der Waals surface area contributed by atoms with E-state index in [0.717, 1.165) is 22.4 Å². The number of hydrogen-bond acceptors (Lipinski definition) is 4. The lowest BCUT2D eigenvalue weighted by atomic mass is 10.1. The van der Waals surface area contributed by atoms with E-state index >= 15 is 0 Å². The van der Waals surface area contributed by atoms with Gasteiger partial charge in [0.05, 0.1) is 5.52 Å². The van der Waals surface area contributed by atoms with Crippen molar-refractivity contribution in [1.29, 1.82) is 0 Å². The van der Waals surface area contributed by atoms with E-state index in [0.29, 0.717) is 0 Å². The lowest BCUT2D eigenvalue weighted by Crippen LogP contribution is -2.06. The maximum Gasteiger partial charge on any atom is 0.155 e. The second-order valence-corrected chi connectivity index (χ2v) is 4.23. The molecular formula is C13H13N5. The molecular weight excluding hydrogens is 226 g/mol. The van der Waals surface area contributed by atoms with Gasteiger partial charge in [0.25, 0.3) is 0 Å². The Balaban J connectivity index is 2.09. The van der Waals surface area contributed by atoms with Crippen LogP contribution in [0, 0.1) is 0 Å². The summed E-state index contributed by atoms with van der Waals surface area (Å²) in [4.78, 5) is 4.37. The molecule has 18 heavy (non-hydrogen) atoms. The predicted octanol–water partition coefficient (Wildman–Crippen LogP) is 1.84. The van der Waals surface area contributed by atoms with E-state index in [1.807, 2.05) is 43.3 Å². The number of nitrogens with two attached hydrogens (primary N) is 1. The maximum absolute atomic E-state index is 5.80. The fraction of sp³-hybridized carbons (Fsp3) is 0.154. The van der Waals surface area contributed by atoms with Gasteiger partial charge in [-0.3, -0.25) is 0 Å². The highest BCUT2D eigenvalue weighted by molar-refractivity contribution is 5.75. The Morgan fingerprint density at radius 2 is 2.00 bits per heavy atom. The Kier molecular flexibility index (Phi) is 2.53. The molecule has 0 saturated heterocycles. The van der Waals surface area contributed by atoms with E-state index in [-0.39, 0.29) is 6.04 Å². The summed E-state index contributed by atoms with van der Waals surface area (Å²) in [5, 5.41) is 8.21. The molecule has 0 saturated carbocycles. The number of para-hydroxylation sites is 1. The van der Waals surface area contributed by atoms with Crippen molar-refractivity contribution in [1.82, 2.24) is 20.0 Å². The van der Waals surface area contributed by atoms with Crippen molar-refractivity contribution in [2.75, 3.05) is 0 Å². The molecule has 0 fully saturated rings. The van der Waals surface area contributed by atoms with E-state index in [1.165, 1.54) is 0 Å². The topological polar surface area (TPSA) is 69.6 Å². The largest absolute Gasteiger partial charge is 0.324 e. The highest BCUT2D eigenvalue weighted by Gasteiger charge is 2.07. The second-order valence-electron chi connectivity index (χ2n) is 4.23. The van der Waals surface area contributed by atoms with Crippen LogP contribution in [0.15, 0.2) is 42.6 Å². The van der Waals surface area contributed by atoms with E-state index in [9.17, 15) is 0 Å². The minimum absolute atomic E-state index is 0.0148. The quantitative estimate of drug-likeness (QED) is 0.740. The first-order valence-electron chi connectivity index (χ1n) is 5.78. The first-order chi connectivity index (χ1) is 8.75. The summed E-state index contributed by atoms with van der Waals surface area (Å²) in [6.07, 6.45) is 1.77. The lowest BCUT2D eigenvalue weighted by molar-refractivity contribution is 0.782. The van der Waals surface area contributed by atoms with Gasteiger partial charge in [0, 0.05) is 12.2 Å². The van der Waals surface area contributed by atoms with Gasteiger partial charge in [0.2, 0.25) is 0 Å². The number of benzene rings is 1. The van der Waals surface area contributed by atoms with Crippen LogP contribution in [0.2, 0.25) is 0 Å². The summed E-state index contributed by atoms with van der Waals surface area (Å²) in [6.45, 7) is 1.93. The number of fused-ring (bicyclic) bond motifs is 1. The van der Waals surface area contributed by atoms with Crippen molar-refractivity contribution in [2.45, 2.75) is 13.0 Å². The number of aromatic nitrogens is 4. The standard InChI is InChI=1S/C13H13N5/c1-9(14)10-6-7-13(15-8-10)18-12-5-3-2-4-11(12)16-17-18/h2-9H,14H2,1H3/t9-/m0/s1. The molecule has 2 heterocycles. The van der Waals surface area contributed by atoms with Gasteiger partial charge in [-0.2, -0.15) is 4.68 Å². The van der Waals surface area contributed by atoms with Crippen LogP contribution in [0.3, 0.4) is 0 Å². The number of rotatable bonds is 2. The van der Waals surface area contributed by atoms with Gasteiger partial charge < -0.3 is 5.73 Å². The molecule has 5 nitrogen and oxygen atoms in total. The van der Waals surface area contributed by atoms with Gasteiger partial charge in [0.1, 0.15) is 5.52 Å². The molecule has 0 radical (unpaired) electrons. The van der Waals surface area contributed by atoms with Gasteiger partial charge in [-0.1, -0.05) is 23.4 Å². The van der Waals surface area contributed by atoms with Crippen LogP contribution >= 0.6 is 0 Å². The SMILES string of the molecule is C[C@H](N)c1ccc(-n2nnc3ccccc32)nc1. The van der Waals surface area contributed by atoms with Crippen molar-refractivity contribution >= 4 is 11.0 Å². The van der Waals surface area contributed by atoms with Crippen molar-refractivity contribution < 1.29 is 0 Å². The van der Waals surface area contributed by atoms with Crippen LogP contribution < -0.4 is 5.73 Å². The zero-order chi connectivity index (χ0) is 12.5. The molecule has 3 rings (SSSR count). The van der Waals surface area contributed by atoms with E-state index in [2.05, 4.69) is 15.3 Å². The molecule has 2 aromatic heterocycles. The molecule has 0 spiro atoms. The van der Waals surface area contributed by atoms with Gasteiger partial charge in [-0.05, 0) is 30.7 Å². The van der Waals surface area contributed by atoms with Gasteiger partial charge in [0.15, 0.2) is 5.82 Å². The average Bonchev–Trinajstić information content (AvgIpc) is 2.82. The predicted molar refractivity (Wildman–Crippen MR) is 69.3 cm³/mol. The molecule has 0 bridgehead atoms. The van der Waals surface area contributed by atoms with Crippen LogP contribution in [-0.2, 0) is 0 Å². The van der Waals surface area contributed by atoms with Crippen LogP contribution in [0.4, 0.5) is 0 Å². The Hall–Kier alpha value is -2.27. The van der Waals surface area contributed by atoms with Crippen molar-refractivity contribution in [3.63, 3.8) is 0 Å². The molecule has 0 unspecified atom stereocenters. The minimum atomic E-state index is -0.0148. The molecule has 2 N–H and O–H groups in total. The van der Waals surface area contributed by atoms with Crippen molar-refractivity contribution in [3.05, 3.63) is 48.2 Å². The summed E-state index contributed by atoms with van der Waals surface area (Å²) in [5.41, 5.74) is 8.60. The fourth-order valence-electron chi connectivity index (χ4n) is 1.83. The van der Waals surface area contributed by atoms with Gasteiger partial charge >= 0.3 is 0 Å². The third-order valence-corrected chi connectivity index (χ3v) is 2.87. The fourth-order valence-corrected chi connectivity index (χ4v) is 1.83. The zero-order valence-corrected chi connectivity index (χ0v) is 9.99. The zero-order valence-electron chi connectivity index (χ0n) is 9.99. The summed E-state index contributed by atoms with van der Waals surface area (Å²) in [6, 6.07) is 11.6. The van der Waals surface area contributed by atoms with Crippen LogP contribution in [0.5, 0.6) is 0 Å². The molecule has 0 aliphatic heterocycles. The van der Waals surface area contributed by atoms with Crippen LogP contribution in [0.1, 0.15) is 18.5 Å². The molecule has 1 atom stereocenters. The lowest BCUT2D eigenvalue weighted by Gasteiger charge is -2.06. The molecule has 90 valence electrons. The highest BCUT2D eigenvalue weighted by Crippen LogP contribution is 2.15. The Labute approximate surface area is 104 Å². The summed E-state index contributed by atoms with van der Waals surface area (Å²) in [5.74, 6) is 0.744. The summed E-state index contributed by atoms with van der Waals surface area (Å²) >= 11 is 0. The van der Waals surface area contributed by atoms with Crippen LogP contribution in [0.25, 0.3) is 16.9 Å². The third kappa shape index (κ3) is 1.74. The molecule has 3 aromatic rings. The normalized spacial score (nSPS) is 12.8. The van der Waals surface area contributed by atoms with Gasteiger partial charge in [-0.15, -0.1) is 5.10 Å². The molecule has 0 aliphatic carbocycles. The number of nitrogens with zero attached hydrogens (tertiary/aromatic N) is 4. The van der Waals surface area contributed by atoms with Crippen molar-refractivity contribution in [2.24, 2.45) is 5.73 Å². The van der Waals surface area contributed by atoms with E-state index < -0.39 is 0 Å². The maximum atomic E-state index is 5.80. The summed E-state index contributed by atoms with van der Waals surface area (Å²) in [7, 11) is 0. The van der Waals surface area contributed by atoms with E-state index in [1.54, 1.807) is 10.9 Å². The average molecular weight is 239 g/mol. The Morgan fingerprint density at radius 3 is 2.72 bits per heavy atom. The molecule has 1 aromatic carbocycles. The molecule has 0 aliphatic rings. The Bertz CT molecular complexity index is 669. The highest BCUT2D eigenvalue weighted by atomic mass is 15.4. The van der Waals surface area contributed by atoms with E-state index in [4.69, 9.17) is 5.73 Å². The number of pyridine rings is 1. The smallest absolute Gasteiger partial charge is 0.155 e. The molecule has 5 heteroatoms. The summed E-state index contributed by atoms with van der Waals surface area (Å²) < 4.78 is 1.72. The molecule has 0 amide bonds. The monoisotopic (exact) mass is 239 g/mol. The second kappa shape index (κ2) is 4.19. The van der Waals surface area contributed by atoms with Crippen molar-refractivity contribution in [3.8, 4) is 5.82 Å². The minimum Gasteiger partial charge on any atom is -0.324 e. The first kappa shape index (κ1) is 10.9. The first-order valence-corrected chi connectivity index (χ1v) is 5.78. The Morgan fingerprint density at radius 1 is 1.17 bits per heavy atom. The van der Waals surface area contributed by atoms with Crippen LogP contribution in [-0.4, -0.2) is 20.0 Å². The van der Waals surface area contributed by atoms with Gasteiger partial charge in [-0.25, -0.2) is 4.98 Å². The third-order valence-electron chi connectivity index (χ3n) is 2.87. The number of hydrogen-bond donors (Lipinski definition) is 1.